The van der Waals surface area contributed by atoms with Gasteiger partial charge >= 0.3 is 0 Å². The molecule has 1 aliphatic rings. The Labute approximate surface area is 115 Å². The molecule has 0 aromatic heterocycles. The molecule has 0 radical (unpaired) electrons. The lowest BCUT2D eigenvalue weighted by atomic mass is 9.83. The van der Waals surface area contributed by atoms with Gasteiger partial charge in [-0.15, -0.1) is 0 Å². The third-order valence-corrected chi connectivity index (χ3v) is 4.06. The second-order valence-corrected chi connectivity index (χ2v) is 5.44. The summed E-state index contributed by atoms with van der Waals surface area (Å²) in [7, 11) is 0. The summed E-state index contributed by atoms with van der Waals surface area (Å²) in [4.78, 5) is 23.8. The van der Waals surface area contributed by atoms with E-state index in [1.807, 2.05) is 20.8 Å². The van der Waals surface area contributed by atoms with Gasteiger partial charge in [0.05, 0.1) is 5.41 Å². The van der Waals surface area contributed by atoms with E-state index >= 15 is 0 Å². The van der Waals surface area contributed by atoms with E-state index in [-0.39, 0.29) is 23.3 Å². The second-order valence-electron chi connectivity index (χ2n) is 5.44. The fourth-order valence-electron chi connectivity index (χ4n) is 2.33. The summed E-state index contributed by atoms with van der Waals surface area (Å²) >= 11 is 0. The van der Waals surface area contributed by atoms with Crippen LogP contribution in [0.25, 0.3) is 0 Å². The molecule has 5 heteroatoms. The fourth-order valence-corrected chi connectivity index (χ4v) is 2.33. The Balaban J connectivity index is 2.28. The van der Waals surface area contributed by atoms with Gasteiger partial charge in [-0.25, -0.2) is 0 Å². The predicted octanol–water partition coefficient (Wildman–Crippen LogP) is 0.797. The largest absolute Gasteiger partial charge is 0.355 e. The molecule has 1 rings (SSSR count). The normalized spacial score (nSPS) is 23.9. The molecule has 2 amide bonds. The Morgan fingerprint density at radius 3 is 2.63 bits per heavy atom. The third kappa shape index (κ3) is 4.49. The summed E-state index contributed by atoms with van der Waals surface area (Å²) in [6.07, 6.45) is 2.99. The van der Waals surface area contributed by atoms with Gasteiger partial charge in [0, 0.05) is 25.6 Å². The molecule has 0 aromatic carbocycles. The molecule has 0 spiro atoms. The highest BCUT2D eigenvalue weighted by molar-refractivity contribution is 5.84. The molecule has 1 fully saturated rings. The van der Waals surface area contributed by atoms with Crippen LogP contribution in [0.2, 0.25) is 0 Å². The molecule has 0 aliphatic carbocycles. The van der Waals surface area contributed by atoms with Crippen LogP contribution in [0, 0.1) is 5.41 Å². The first-order valence-electron chi connectivity index (χ1n) is 7.32. The lowest BCUT2D eigenvalue weighted by molar-refractivity contribution is -0.130. The molecule has 0 saturated carbocycles. The first-order chi connectivity index (χ1) is 9.04. The van der Waals surface area contributed by atoms with Crippen molar-refractivity contribution in [2.75, 3.05) is 19.6 Å². The minimum atomic E-state index is -0.271. The molecular weight excluding hydrogens is 242 g/mol. The lowest BCUT2D eigenvalue weighted by Gasteiger charge is -2.25. The van der Waals surface area contributed by atoms with E-state index < -0.39 is 0 Å². The van der Waals surface area contributed by atoms with Crippen LogP contribution in [0.4, 0.5) is 0 Å². The molecule has 1 aliphatic heterocycles. The van der Waals surface area contributed by atoms with Crippen LogP contribution in [-0.4, -0.2) is 37.5 Å². The molecular formula is C14H27N3O2. The van der Waals surface area contributed by atoms with Crippen molar-refractivity contribution in [2.24, 2.45) is 5.41 Å². The van der Waals surface area contributed by atoms with Crippen LogP contribution in [0.1, 0.15) is 46.5 Å². The fraction of sp³-hybridized carbons (Fsp3) is 0.857. The zero-order valence-electron chi connectivity index (χ0n) is 12.3. The maximum atomic E-state index is 12.2. The first-order valence-corrected chi connectivity index (χ1v) is 7.32. The van der Waals surface area contributed by atoms with E-state index in [9.17, 15) is 9.59 Å². The van der Waals surface area contributed by atoms with Crippen molar-refractivity contribution in [3.63, 3.8) is 0 Å². The zero-order valence-corrected chi connectivity index (χ0v) is 12.3. The van der Waals surface area contributed by atoms with Crippen molar-refractivity contribution >= 4 is 11.8 Å². The summed E-state index contributed by atoms with van der Waals surface area (Å²) in [6, 6.07) is 0.198. The highest BCUT2D eigenvalue weighted by Gasteiger charge is 2.39. The Morgan fingerprint density at radius 2 is 2.11 bits per heavy atom. The van der Waals surface area contributed by atoms with Crippen LogP contribution < -0.4 is 16.0 Å². The van der Waals surface area contributed by atoms with Crippen molar-refractivity contribution in [1.82, 2.24) is 16.0 Å². The van der Waals surface area contributed by atoms with E-state index in [2.05, 4.69) is 16.0 Å². The number of amides is 2. The predicted molar refractivity (Wildman–Crippen MR) is 75.7 cm³/mol. The Morgan fingerprint density at radius 1 is 1.37 bits per heavy atom. The number of carbonyl (C=O) groups excluding carboxylic acids is 2. The average Bonchev–Trinajstić information content (AvgIpc) is 2.88. The summed E-state index contributed by atoms with van der Waals surface area (Å²) in [5.74, 6) is 0.0843. The number of carbonyl (C=O) groups is 2. The third-order valence-electron chi connectivity index (χ3n) is 4.06. The Hall–Kier alpha value is -1.10. The van der Waals surface area contributed by atoms with Gasteiger partial charge in [-0.3, -0.25) is 9.59 Å². The van der Waals surface area contributed by atoms with Crippen molar-refractivity contribution in [3.8, 4) is 0 Å². The van der Waals surface area contributed by atoms with Crippen molar-refractivity contribution in [2.45, 2.75) is 52.5 Å². The second kappa shape index (κ2) is 7.48. The number of hydrogen-bond donors (Lipinski definition) is 3. The van der Waals surface area contributed by atoms with Gasteiger partial charge in [-0.05, 0) is 32.7 Å². The van der Waals surface area contributed by atoms with Gasteiger partial charge in [0.2, 0.25) is 11.8 Å². The quantitative estimate of drug-likeness (QED) is 0.640. The van der Waals surface area contributed by atoms with Crippen LogP contribution in [0.15, 0.2) is 0 Å². The van der Waals surface area contributed by atoms with E-state index in [1.165, 1.54) is 0 Å². The maximum Gasteiger partial charge on any atom is 0.227 e. The van der Waals surface area contributed by atoms with E-state index in [1.54, 1.807) is 0 Å². The van der Waals surface area contributed by atoms with Crippen LogP contribution in [0.3, 0.4) is 0 Å². The van der Waals surface area contributed by atoms with Gasteiger partial charge < -0.3 is 16.0 Å². The highest BCUT2D eigenvalue weighted by atomic mass is 16.2. The highest BCUT2D eigenvalue weighted by Crippen LogP contribution is 2.29. The monoisotopic (exact) mass is 269 g/mol. The van der Waals surface area contributed by atoms with Crippen molar-refractivity contribution < 1.29 is 9.59 Å². The molecule has 1 heterocycles. The van der Waals surface area contributed by atoms with E-state index in [0.29, 0.717) is 13.0 Å². The first kappa shape index (κ1) is 16.0. The molecule has 19 heavy (non-hydrogen) atoms. The van der Waals surface area contributed by atoms with Crippen LogP contribution in [0.5, 0.6) is 0 Å². The molecule has 2 unspecified atom stereocenters. The summed E-state index contributed by atoms with van der Waals surface area (Å²) < 4.78 is 0. The van der Waals surface area contributed by atoms with E-state index in [0.717, 1.165) is 32.4 Å². The Kier molecular flexibility index (Phi) is 6.28. The van der Waals surface area contributed by atoms with Crippen molar-refractivity contribution in [1.29, 1.82) is 0 Å². The SMILES string of the molecule is CCC(C)NC(=O)CCNC(=O)C1(CC)CCNC1. The van der Waals surface area contributed by atoms with Gasteiger partial charge in [-0.1, -0.05) is 13.8 Å². The standard InChI is InChI=1S/C14H27N3O2/c1-4-11(3)17-12(18)6-8-16-13(19)14(5-2)7-9-15-10-14/h11,15H,4-10H2,1-3H3,(H,16,19)(H,17,18). The number of rotatable bonds is 7. The summed E-state index contributed by atoms with van der Waals surface area (Å²) in [5.41, 5.74) is -0.271. The molecule has 5 nitrogen and oxygen atoms in total. The van der Waals surface area contributed by atoms with Gasteiger partial charge in [-0.2, -0.15) is 0 Å². The maximum absolute atomic E-state index is 12.2. The minimum Gasteiger partial charge on any atom is -0.355 e. The van der Waals surface area contributed by atoms with Crippen molar-refractivity contribution in [3.05, 3.63) is 0 Å². The summed E-state index contributed by atoms with van der Waals surface area (Å²) in [6.45, 7) is 8.12. The van der Waals surface area contributed by atoms with Crippen LogP contribution in [-0.2, 0) is 9.59 Å². The molecule has 110 valence electrons. The summed E-state index contributed by atoms with van der Waals surface area (Å²) in [5, 5.41) is 9.03. The Bertz CT molecular complexity index is 312. The van der Waals surface area contributed by atoms with Gasteiger partial charge in [0.1, 0.15) is 0 Å². The number of hydrogen-bond acceptors (Lipinski definition) is 3. The van der Waals surface area contributed by atoms with Gasteiger partial charge in [0.25, 0.3) is 0 Å². The lowest BCUT2D eigenvalue weighted by Crippen LogP contribution is -2.43. The van der Waals surface area contributed by atoms with Gasteiger partial charge in [0.15, 0.2) is 0 Å². The topological polar surface area (TPSA) is 70.2 Å². The number of nitrogens with one attached hydrogen (secondary N) is 3. The van der Waals surface area contributed by atoms with E-state index in [4.69, 9.17) is 0 Å². The smallest absolute Gasteiger partial charge is 0.227 e. The zero-order chi connectivity index (χ0) is 14.3. The molecule has 3 N–H and O–H groups in total. The molecule has 2 atom stereocenters. The minimum absolute atomic E-state index is 0.00439. The molecule has 1 saturated heterocycles. The average molecular weight is 269 g/mol. The van der Waals surface area contributed by atoms with Crippen LogP contribution >= 0.6 is 0 Å². The molecule has 0 bridgehead atoms. The molecule has 0 aromatic rings.